The molecule has 0 unspecified atom stereocenters. The monoisotopic (exact) mass is 276 g/mol. The Bertz CT molecular complexity index is 309. The largest absolute Gasteiger partial charge is 0.506 e. The van der Waals surface area contributed by atoms with E-state index in [1.807, 2.05) is 22.6 Å². The van der Waals surface area contributed by atoms with Crippen molar-refractivity contribution in [3.8, 4) is 11.5 Å². The summed E-state index contributed by atoms with van der Waals surface area (Å²) in [4.78, 5) is 10.5. The van der Waals surface area contributed by atoms with E-state index in [1.54, 1.807) is 12.1 Å². The Kier molecular flexibility index (Phi) is 2.91. The number of ether oxygens (including phenoxy) is 1. The molecule has 12 heavy (non-hydrogen) atoms. The van der Waals surface area contributed by atoms with Crippen molar-refractivity contribution in [2.24, 2.45) is 0 Å². The Morgan fingerprint density at radius 1 is 1.58 bits per heavy atom. The van der Waals surface area contributed by atoms with Crippen molar-refractivity contribution in [2.45, 2.75) is 0 Å². The fourth-order valence-electron chi connectivity index (χ4n) is 0.855. The fraction of sp³-hybridized carbons (Fsp3) is 0.125. The summed E-state index contributed by atoms with van der Waals surface area (Å²) in [5, 5.41) is 9.39. The fourth-order valence-corrected chi connectivity index (χ4v) is 1.33. The number of phenolic OH excluding ortho intramolecular Hbond substituents is 1. The summed E-state index contributed by atoms with van der Waals surface area (Å²) in [5.74, 6) is 0.368. The third kappa shape index (κ3) is 1.52. The van der Waals surface area contributed by atoms with Gasteiger partial charge in [-0.1, -0.05) is 0 Å². The van der Waals surface area contributed by atoms with E-state index in [1.165, 1.54) is 7.11 Å². The van der Waals surface area contributed by atoms with Crippen LogP contribution in [0.25, 0.3) is 0 Å². The number of hydrogen-bond acceptors (Lipinski definition) is 3. The molecule has 1 aromatic rings. The molecule has 0 aliphatic heterocycles. The smallest absolute Gasteiger partial charge is 0.157 e. The minimum absolute atomic E-state index is 0.0232. The molecule has 1 aromatic carbocycles. The van der Waals surface area contributed by atoms with Gasteiger partial charge in [0.05, 0.1) is 16.2 Å². The van der Waals surface area contributed by atoms with Gasteiger partial charge in [0.1, 0.15) is 11.5 Å². The number of carbonyl (C=O) groups excluding carboxylic acids is 1. The highest BCUT2D eigenvalue weighted by Crippen LogP contribution is 2.30. The second kappa shape index (κ2) is 3.75. The van der Waals surface area contributed by atoms with Crippen LogP contribution in [0.3, 0.4) is 0 Å². The molecular weight excluding hydrogens is 269 g/mol. The first-order chi connectivity index (χ1) is 5.70. The van der Waals surface area contributed by atoms with E-state index < -0.39 is 0 Å². The van der Waals surface area contributed by atoms with Gasteiger partial charge in [0.15, 0.2) is 6.29 Å². The Labute approximate surface area is 83.5 Å². The second-order valence-corrected chi connectivity index (χ2v) is 3.29. The van der Waals surface area contributed by atoms with Crippen LogP contribution in [0.4, 0.5) is 0 Å². The van der Waals surface area contributed by atoms with Gasteiger partial charge in [-0.25, -0.2) is 0 Å². The van der Waals surface area contributed by atoms with Gasteiger partial charge in [-0.15, -0.1) is 0 Å². The lowest BCUT2D eigenvalue weighted by Gasteiger charge is -2.05. The molecule has 4 heteroatoms. The van der Waals surface area contributed by atoms with Gasteiger partial charge in [0.25, 0.3) is 0 Å². The van der Waals surface area contributed by atoms with Crippen molar-refractivity contribution >= 4 is 28.9 Å². The van der Waals surface area contributed by atoms with E-state index in [0.29, 0.717) is 15.6 Å². The molecule has 0 aliphatic carbocycles. The van der Waals surface area contributed by atoms with Crippen LogP contribution in [0.15, 0.2) is 12.1 Å². The Hall–Kier alpha value is -0.780. The molecule has 0 radical (unpaired) electrons. The minimum atomic E-state index is -0.0232. The van der Waals surface area contributed by atoms with Gasteiger partial charge < -0.3 is 9.84 Å². The highest BCUT2D eigenvalue weighted by atomic mass is 125. The zero-order valence-corrected chi connectivity index (χ0v) is 8.53. The zero-order valence-electron chi connectivity index (χ0n) is 6.37. The van der Waals surface area contributed by atoms with Gasteiger partial charge in [-0.3, -0.25) is 4.79 Å². The van der Waals surface area contributed by atoms with Gasteiger partial charge >= 0.3 is 0 Å². The Balaban J connectivity index is 3.35. The van der Waals surface area contributed by atoms with Crippen LogP contribution in [-0.2, 0) is 0 Å². The normalized spacial score (nSPS) is 9.50. The molecule has 3 nitrogen and oxygen atoms in total. The maximum absolute atomic E-state index is 10.5. The van der Waals surface area contributed by atoms with E-state index >= 15 is 0 Å². The van der Waals surface area contributed by atoms with Crippen molar-refractivity contribution in [3.05, 3.63) is 21.3 Å². The Morgan fingerprint density at radius 2 is 2.25 bits per heavy atom. The third-order valence-electron chi connectivity index (χ3n) is 1.47. The number of halogens is 1. The van der Waals surface area contributed by atoms with Crippen LogP contribution in [0.1, 0.15) is 10.4 Å². The van der Waals surface area contributed by atoms with Crippen molar-refractivity contribution in [1.29, 1.82) is 0 Å². The molecule has 0 aromatic heterocycles. The molecule has 0 saturated carbocycles. The number of aromatic hydroxyl groups is 1. The van der Waals surface area contributed by atoms with E-state index in [9.17, 15) is 9.90 Å². The molecule has 0 spiro atoms. The second-order valence-electron chi connectivity index (χ2n) is 2.13. The standard InChI is InChI=1S/C8H7IO3/c1-12-7-3-2-6(9)8(11)5(7)4-10/h2-4,11H,1H3/i9-2. The molecule has 0 atom stereocenters. The summed E-state index contributed by atoms with van der Waals surface area (Å²) in [6.07, 6.45) is 0.580. The van der Waals surface area contributed by atoms with Crippen LogP contribution in [-0.4, -0.2) is 18.5 Å². The molecule has 0 saturated heterocycles. The predicted octanol–water partition coefficient (Wildman–Crippen LogP) is 1.82. The summed E-state index contributed by atoms with van der Waals surface area (Å²) < 4.78 is 5.51. The van der Waals surface area contributed by atoms with Gasteiger partial charge in [-0.05, 0) is 34.7 Å². The van der Waals surface area contributed by atoms with Crippen molar-refractivity contribution in [1.82, 2.24) is 0 Å². The zero-order chi connectivity index (χ0) is 9.14. The summed E-state index contributed by atoms with van der Waals surface area (Å²) in [6, 6.07) is 3.33. The number of phenols is 1. The van der Waals surface area contributed by atoms with Crippen molar-refractivity contribution in [3.63, 3.8) is 0 Å². The number of hydrogen-bond donors (Lipinski definition) is 1. The topological polar surface area (TPSA) is 46.5 Å². The van der Waals surface area contributed by atoms with Gasteiger partial charge in [0, 0.05) is 0 Å². The quantitative estimate of drug-likeness (QED) is 0.662. The van der Waals surface area contributed by atoms with E-state index in [4.69, 9.17) is 4.74 Å². The molecule has 0 amide bonds. The van der Waals surface area contributed by atoms with Crippen molar-refractivity contribution in [2.75, 3.05) is 7.11 Å². The summed E-state index contributed by atoms with van der Waals surface area (Å²) in [5.41, 5.74) is 0.199. The summed E-state index contributed by atoms with van der Waals surface area (Å²) in [6.45, 7) is 0. The first-order valence-corrected chi connectivity index (χ1v) is 4.29. The molecule has 0 fully saturated rings. The Morgan fingerprint density at radius 3 is 2.75 bits per heavy atom. The molecule has 64 valence electrons. The SMILES string of the molecule is COc1ccc([125I])c(O)c1C=O. The number of benzene rings is 1. The number of aldehydes is 1. The lowest BCUT2D eigenvalue weighted by molar-refractivity contribution is 0.111. The number of carbonyl (C=O) groups is 1. The van der Waals surface area contributed by atoms with E-state index in [2.05, 4.69) is 0 Å². The highest BCUT2D eigenvalue weighted by Gasteiger charge is 2.09. The predicted molar refractivity (Wildman–Crippen MR) is 52.8 cm³/mol. The highest BCUT2D eigenvalue weighted by molar-refractivity contribution is 14.1. The van der Waals surface area contributed by atoms with E-state index in [0.717, 1.165) is 0 Å². The summed E-state index contributed by atoms with van der Waals surface area (Å²) in [7, 11) is 1.45. The number of rotatable bonds is 2. The molecule has 1 rings (SSSR count). The van der Waals surface area contributed by atoms with Crippen LogP contribution in [0.5, 0.6) is 11.5 Å². The number of methoxy groups -OCH3 is 1. The third-order valence-corrected chi connectivity index (χ3v) is 2.34. The van der Waals surface area contributed by atoms with Crippen LogP contribution in [0, 0.1) is 3.57 Å². The maximum Gasteiger partial charge on any atom is 0.157 e. The van der Waals surface area contributed by atoms with E-state index in [-0.39, 0.29) is 11.3 Å². The lowest BCUT2D eigenvalue weighted by Crippen LogP contribution is -1.92. The molecule has 0 aliphatic rings. The van der Waals surface area contributed by atoms with Crippen LogP contribution < -0.4 is 4.74 Å². The van der Waals surface area contributed by atoms with Gasteiger partial charge in [0.2, 0.25) is 0 Å². The summed E-state index contributed by atoms with van der Waals surface area (Å²) >= 11 is 1.94. The molecular formula is C8H7IO3. The minimum Gasteiger partial charge on any atom is -0.506 e. The lowest BCUT2D eigenvalue weighted by atomic mass is 10.2. The maximum atomic E-state index is 10.5. The molecule has 0 heterocycles. The average molecular weight is 276 g/mol. The van der Waals surface area contributed by atoms with Crippen LogP contribution >= 0.6 is 22.6 Å². The van der Waals surface area contributed by atoms with Gasteiger partial charge in [-0.2, -0.15) is 0 Å². The molecule has 1 N–H and O–H groups in total. The average Bonchev–Trinajstić information content (AvgIpc) is 2.09. The first kappa shape index (κ1) is 9.31. The van der Waals surface area contributed by atoms with Crippen molar-refractivity contribution < 1.29 is 14.6 Å². The molecule has 0 bridgehead atoms. The first-order valence-electron chi connectivity index (χ1n) is 3.21. The van der Waals surface area contributed by atoms with Crippen LogP contribution in [0.2, 0.25) is 0 Å².